The highest BCUT2D eigenvalue weighted by atomic mass is 15.3. The van der Waals surface area contributed by atoms with Gasteiger partial charge in [0, 0.05) is 30.7 Å². The summed E-state index contributed by atoms with van der Waals surface area (Å²) in [5, 5.41) is 3.98. The van der Waals surface area contributed by atoms with Crippen LogP contribution in [0.4, 0.5) is 0 Å². The molecule has 0 aromatic rings. The number of hydrogen-bond donors (Lipinski definition) is 1. The molecule has 0 bridgehead atoms. The molecule has 1 saturated heterocycles. The minimum absolute atomic E-state index is 0.410. The third-order valence-corrected chi connectivity index (χ3v) is 6.98. The van der Waals surface area contributed by atoms with E-state index in [0.717, 1.165) is 17.8 Å². The van der Waals surface area contributed by atoms with Gasteiger partial charge in [-0.2, -0.15) is 0 Å². The fourth-order valence-electron chi connectivity index (χ4n) is 5.01. The lowest BCUT2D eigenvalue weighted by molar-refractivity contribution is -0.0106. The molecule has 2 nitrogen and oxygen atoms in total. The molecule has 114 valence electrons. The topological polar surface area (TPSA) is 15.3 Å². The molecule has 4 rings (SSSR count). The van der Waals surface area contributed by atoms with E-state index in [4.69, 9.17) is 0 Å². The lowest BCUT2D eigenvalue weighted by atomic mass is 9.82. The highest BCUT2D eigenvalue weighted by molar-refractivity contribution is 5.11. The van der Waals surface area contributed by atoms with Crippen molar-refractivity contribution in [3.63, 3.8) is 0 Å². The first-order valence-electron chi connectivity index (χ1n) is 9.10. The summed E-state index contributed by atoms with van der Waals surface area (Å²) in [4.78, 5) is 2.94. The summed E-state index contributed by atoms with van der Waals surface area (Å²) < 4.78 is 0. The van der Waals surface area contributed by atoms with E-state index in [1.807, 2.05) is 0 Å². The molecular weight excluding hydrogens is 244 g/mol. The quantitative estimate of drug-likeness (QED) is 0.846. The van der Waals surface area contributed by atoms with E-state index in [1.165, 1.54) is 71.0 Å². The highest BCUT2D eigenvalue weighted by Crippen LogP contribution is 2.49. The van der Waals surface area contributed by atoms with Gasteiger partial charge in [-0.25, -0.2) is 0 Å². The number of nitrogens with one attached hydrogen (secondary N) is 1. The van der Waals surface area contributed by atoms with Gasteiger partial charge in [-0.1, -0.05) is 12.8 Å². The Hall–Kier alpha value is -0.0800. The second kappa shape index (κ2) is 4.71. The summed E-state index contributed by atoms with van der Waals surface area (Å²) >= 11 is 0. The molecule has 4 fully saturated rings. The van der Waals surface area contributed by atoms with Gasteiger partial charge in [0.1, 0.15) is 0 Å². The molecule has 1 N–H and O–H groups in total. The molecule has 0 amide bonds. The zero-order valence-corrected chi connectivity index (χ0v) is 13.5. The fraction of sp³-hybridized carbons (Fsp3) is 1.00. The molecule has 3 saturated carbocycles. The zero-order valence-electron chi connectivity index (χ0n) is 13.5. The van der Waals surface area contributed by atoms with E-state index >= 15 is 0 Å². The molecule has 2 atom stereocenters. The Morgan fingerprint density at radius 1 is 0.950 bits per heavy atom. The molecule has 2 heteroatoms. The molecule has 0 spiro atoms. The molecular formula is C18H32N2. The second-order valence-corrected chi connectivity index (χ2v) is 8.71. The molecule has 3 aliphatic carbocycles. The minimum atomic E-state index is 0.410. The van der Waals surface area contributed by atoms with Crippen LogP contribution in [-0.4, -0.2) is 35.6 Å². The van der Waals surface area contributed by atoms with Gasteiger partial charge >= 0.3 is 0 Å². The third-order valence-electron chi connectivity index (χ3n) is 6.98. The van der Waals surface area contributed by atoms with Crippen LogP contribution in [0.5, 0.6) is 0 Å². The van der Waals surface area contributed by atoms with Crippen LogP contribution < -0.4 is 5.32 Å². The van der Waals surface area contributed by atoms with Crippen molar-refractivity contribution in [2.24, 2.45) is 17.8 Å². The predicted molar refractivity (Wildman–Crippen MR) is 83.8 cm³/mol. The van der Waals surface area contributed by atoms with Crippen LogP contribution in [0.1, 0.15) is 65.2 Å². The average molecular weight is 276 g/mol. The van der Waals surface area contributed by atoms with E-state index in [0.29, 0.717) is 11.1 Å². The van der Waals surface area contributed by atoms with Crippen molar-refractivity contribution in [2.75, 3.05) is 19.6 Å². The Morgan fingerprint density at radius 2 is 1.60 bits per heavy atom. The average Bonchev–Trinajstić information content (AvgIpc) is 3.32. The predicted octanol–water partition coefficient (Wildman–Crippen LogP) is 3.42. The van der Waals surface area contributed by atoms with Crippen molar-refractivity contribution >= 4 is 0 Å². The number of nitrogens with zero attached hydrogens (tertiary/aromatic N) is 1. The fourth-order valence-corrected chi connectivity index (χ4v) is 5.01. The van der Waals surface area contributed by atoms with Crippen molar-refractivity contribution < 1.29 is 0 Å². The Labute approximate surface area is 124 Å². The van der Waals surface area contributed by atoms with Crippen LogP contribution in [-0.2, 0) is 0 Å². The van der Waals surface area contributed by atoms with Crippen LogP contribution in [0.25, 0.3) is 0 Å². The summed E-state index contributed by atoms with van der Waals surface area (Å²) in [5.41, 5.74) is 0.865. The van der Waals surface area contributed by atoms with Gasteiger partial charge in [0.2, 0.25) is 0 Å². The monoisotopic (exact) mass is 276 g/mol. The van der Waals surface area contributed by atoms with Crippen molar-refractivity contribution in [3.05, 3.63) is 0 Å². The molecule has 0 radical (unpaired) electrons. The molecule has 2 unspecified atom stereocenters. The standard InChI is InChI=1S/C18H32N2/c1-17(15-7-8-15)13-20(11-14-5-3-4-6-14)18(2,12-19-17)16-9-10-16/h14-16,19H,3-13H2,1-2H3. The first-order valence-corrected chi connectivity index (χ1v) is 9.10. The normalized spacial score (nSPS) is 44.1. The Kier molecular flexibility index (Phi) is 3.20. The maximum Gasteiger partial charge on any atom is 0.0335 e. The van der Waals surface area contributed by atoms with Crippen LogP contribution >= 0.6 is 0 Å². The van der Waals surface area contributed by atoms with Crippen molar-refractivity contribution in [1.29, 1.82) is 0 Å². The summed E-state index contributed by atoms with van der Waals surface area (Å²) in [7, 11) is 0. The molecule has 4 aliphatic rings. The van der Waals surface area contributed by atoms with Gasteiger partial charge in [0.25, 0.3) is 0 Å². The second-order valence-electron chi connectivity index (χ2n) is 8.71. The van der Waals surface area contributed by atoms with Gasteiger partial charge in [0.15, 0.2) is 0 Å². The highest BCUT2D eigenvalue weighted by Gasteiger charge is 2.54. The van der Waals surface area contributed by atoms with Crippen LogP contribution in [0.15, 0.2) is 0 Å². The Balaban J connectivity index is 1.51. The Bertz CT molecular complexity index is 368. The third kappa shape index (κ3) is 2.33. The van der Waals surface area contributed by atoms with E-state index in [9.17, 15) is 0 Å². The summed E-state index contributed by atoms with van der Waals surface area (Å²) in [6.45, 7) is 8.98. The Morgan fingerprint density at radius 3 is 2.20 bits per heavy atom. The first kappa shape index (κ1) is 13.6. The number of hydrogen-bond acceptors (Lipinski definition) is 2. The van der Waals surface area contributed by atoms with Gasteiger partial charge < -0.3 is 5.32 Å². The van der Waals surface area contributed by atoms with Crippen molar-refractivity contribution in [3.8, 4) is 0 Å². The summed E-state index contributed by atoms with van der Waals surface area (Å²) in [6, 6.07) is 0. The largest absolute Gasteiger partial charge is 0.308 e. The number of rotatable bonds is 4. The van der Waals surface area contributed by atoms with Gasteiger partial charge in [0.05, 0.1) is 0 Å². The molecule has 0 aromatic heterocycles. The lowest BCUT2D eigenvalue weighted by Crippen LogP contribution is -2.70. The molecule has 0 aromatic carbocycles. The lowest BCUT2D eigenvalue weighted by Gasteiger charge is -2.54. The zero-order chi connectivity index (χ0) is 13.8. The van der Waals surface area contributed by atoms with Crippen LogP contribution in [0.3, 0.4) is 0 Å². The van der Waals surface area contributed by atoms with E-state index < -0.39 is 0 Å². The maximum absolute atomic E-state index is 3.98. The number of piperazine rings is 1. The molecule has 20 heavy (non-hydrogen) atoms. The van der Waals surface area contributed by atoms with Gasteiger partial charge in [-0.3, -0.25) is 4.90 Å². The van der Waals surface area contributed by atoms with E-state index in [2.05, 4.69) is 24.1 Å². The van der Waals surface area contributed by atoms with Gasteiger partial charge in [-0.05, 0) is 70.1 Å². The molecule has 1 heterocycles. The van der Waals surface area contributed by atoms with Gasteiger partial charge in [-0.15, -0.1) is 0 Å². The molecule has 1 aliphatic heterocycles. The first-order chi connectivity index (χ1) is 9.60. The SMILES string of the molecule is CC1(C2CC2)CN(CC2CCCC2)C(C)(C2CC2)CN1. The van der Waals surface area contributed by atoms with E-state index in [-0.39, 0.29) is 0 Å². The summed E-state index contributed by atoms with van der Waals surface area (Å²) in [6.07, 6.45) is 11.8. The van der Waals surface area contributed by atoms with Crippen LogP contribution in [0.2, 0.25) is 0 Å². The summed E-state index contributed by atoms with van der Waals surface area (Å²) in [5.74, 6) is 2.92. The van der Waals surface area contributed by atoms with E-state index in [1.54, 1.807) is 0 Å². The maximum atomic E-state index is 3.98. The van der Waals surface area contributed by atoms with Crippen molar-refractivity contribution in [2.45, 2.75) is 76.3 Å². The minimum Gasteiger partial charge on any atom is -0.308 e. The van der Waals surface area contributed by atoms with Crippen LogP contribution in [0, 0.1) is 17.8 Å². The van der Waals surface area contributed by atoms with Crippen molar-refractivity contribution in [1.82, 2.24) is 10.2 Å². The smallest absolute Gasteiger partial charge is 0.0335 e.